The van der Waals surface area contributed by atoms with E-state index in [1.54, 1.807) is 33.4 Å². The summed E-state index contributed by atoms with van der Waals surface area (Å²) in [5.41, 5.74) is 2.31. The van der Waals surface area contributed by atoms with Crippen molar-refractivity contribution < 1.29 is 8.42 Å². The molecule has 0 spiro atoms. The molecular formula is C15H13N5O2S. The summed E-state index contributed by atoms with van der Waals surface area (Å²) >= 11 is 0. The van der Waals surface area contributed by atoms with E-state index >= 15 is 0 Å². The van der Waals surface area contributed by atoms with E-state index in [1.165, 1.54) is 6.20 Å². The zero-order valence-electron chi connectivity index (χ0n) is 12.0. The number of imidazole rings is 1. The fourth-order valence-electron chi connectivity index (χ4n) is 2.52. The van der Waals surface area contributed by atoms with Crippen molar-refractivity contribution in [2.75, 3.05) is 0 Å². The average molecular weight is 327 g/mol. The van der Waals surface area contributed by atoms with Crippen molar-refractivity contribution in [2.45, 2.75) is 11.6 Å². The minimum absolute atomic E-state index is 0.119. The fraction of sp³-hybridized carbons (Fsp3) is 0.0667. The maximum absolute atomic E-state index is 12.6. The number of hydrogen-bond acceptors (Lipinski definition) is 4. The molecule has 0 unspecified atom stereocenters. The lowest BCUT2D eigenvalue weighted by molar-refractivity contribution is 0.576. The lowest BCUT2D eigenvalue weighted by Crippen LogP contribution is -2.24. The molecule has 0 fully saturated rings. The van der Waals surface area contributed by atoms with Gasteiger partial charge in [-0.15, -0.1) is 0 Å². The maximum Gasteiger partial charge on any atom is 0.258 e. The summed E-state index contributed by atoms with van der Waals surface area (Å²) in [6.45, 7) is 0.179. The van der Waals surface area contributed by atoms with Crippen LogP contribution in [0.2, 0.25) is 0 Å². The number of hydrogen-bond donors (Lipinski definition) is 1. The normalized spacial score (nSPS) is 12.2. The minimum atomic E-state index is -3.67. The smallest absolute Gasteiger partial charge is 0.258 e. The first-order valence-corrected chi connectivity index (χ1v) is 8.46. The van der Waals surface area contributed by atoms with Crippen molar-refractivity contribution in [1.29, 1.82) is 0 Å². The van der Waals surface area contributed by atoms with Gasteiger partial charge in [0.05, 0.1) is 11.7 Å². The van der Waals surface area contributed by atoms with Crippen molar-refractivity contribution in [3.8, 4) is 0 Å². The molecule has 0 saturated carbocycles. The zero-order chi connectivity index (χ0) is 15.9. The Morgan fingerprint density at radius 1 is 1.09 bits per heavy atom. The highest BCUT2D eigenvalue weighted by Gasteiger charge is 2.19. The van der Waals surface area contributed by atoms with Crippen molar-refractivity contribution in [2.24, 2.45) is 0 Å². The summed E-state index contributed by atoms with van der Waals surface area (Å²) in [4.78, 5) is 4.11. The summed E-state index contributed by atoms with van der Waals surface area (Å²) in [6.07, 6.45) is 6.53. The highest BCUT2D eigenvalue weighted by Crippen LogP contribution is 2.14. The third-order valence-electron chi connectivity index (χ3n) is 3.64. The van der Waals surface area contributed by atoms with Gasteiger partial charge in [0, 0.05) is 25.1 Å². The quantitative estimate of drug-likeness (QED) is 0.615. The molecule has 4 rings (SSSR count). The summed E-state index contributed by atoms with van der Waals surface area (Å²) in [5, 5.41) is 4.26. The fourth-order valence-corrected chi connectivity index (χ4v) is 3.62. The van der Waals surface area contributed by atoms with Gasteiger partial charge in [-0.3, -0.25) is 4.40 Å². The number of fused-ring (bicyclic) bond motifs is 2. The summed E-state index contributed by atoms with van der Waals surface area (Å²) in [5.74, 6) is 0. The second kappa shape index (κ2) is 5.18. The molecule has 0 radical (unpaired) electrons. The molecule has 4 aromatic rings. The third-order valence-corrected chi connectivity index (χ3v) is 5.01. The Kier molecular flexibility index (Phi) is 3.14. The van der Waals surface area contributed by atoms with Crippen LogP contribution in [-0.2, 0) is 16.6 Å². The van der Waals surface area contributed by atoms with Crippen LogP contribution in [0.5, 0.6) is 0 Å². The standard InChI is InChI=1S/C15H13N5O2S/c21-23(22,15-11-16-14-5-1-2-8-19(14)15)18-10-12-4-3-9-20-13(12)6-7-17-20/h1-9,11,18H,10H2. The summed E-state index contributed by atoms with van der Waals surface area (Å²) in [7, 11) is -3.67. The lowest BCUT2D eigenvalue weighted by Gasteiger charge is -2.07. The van der Waals surface area contributed by atoms with E-state index in [9.17, 15) is 8.42 Å². The number of nitrogens with one attached hydrogen (secondary N) is 1. The highest BCUT2D eigenvalue weighted by atomic mass is 32.2. The molecule has 23 heavy (non-hydrogen) atoms. The second-order valence-corrected chi connectivity index (χ2v) is 6.76. The van der Waals surface area contributed by atoms with Crippen LogP contribution in [0.25, 0.3) is 11.2 Å². The molecule has 0 atom stereocenters. The first-order valence-electron chi connectivity index (χ1n) is 6.98. The van der Waals surface area contributed by atoms with E-state index in [4.69, 9.17) is 0 Å². The van der Waals surface area contributed by atoms with Crippen LogP contribution in [0.1, 0.15) is 5.56 Å². The molecule has 8 heteroatoms. The second-order valence-electron chi connectivity index (χ2n) is 5.04. The first kappa shape index (κ1) is 13.9. The zero-order valence-corrected chi connectivity index (χ0v) is 12.8. The molecule has 116 valence electrons. The number of aromatic nitrogens is 4. The number of nitrogens with zero attached hydrogens (tertiary/aromatic N) is 4. The van der Waals surface area contributed by atoms with Gasteiger partial charge in [-0.1, -0.05) is 12.1 Å². The lowest BCUT2D eigenvalue weighted by atomic mass is 10.2. The van der Waals surface area contributed by atoms with Gasteiger partial charge < -0.3 is 0 Å². The Morgan fingerprint density at radius 2 is 2.00 bits per heavy atom. The van der Waals surface area contributed by atoms with Crippen molar-refractivity contribution in [3.05, 3.63) is 66.7 Å². The Morgan fingerprint density at radius 3 is 2.91 bits per heavy atom. The highest BCUT2D eigenvalue weighted by molar-refractivity contribution is 7.89. The van der Waals surface area contributed by atoms with E-state index in [1.807, 2.05) is 30.5 Å². The Balaban J connectivity index is 1.67. The number of pyridine rings is 2. The molecule has 0 aliphatic carbocycles. The largest absolute Gasteiger partial charge is 0.289 e. The van der Waals surface area contributed by atoms with Gasteiger partial charge >= 0.3 is 0 Å². The molecular weight excluding hydrogens is 314 g/mol. The molecule has 4 aromatic heterocycles. The van der Waals surface area contributed by atoms with Crippen LogP contribution in [0.4, 0.5) is 0 Å². The SMILES string of the molecule is O=S(=O)(NCc1cccn2nccc12)c1cnc2ccccn12. The Bertz CT molecular complexity index is 1100. The Labute approximate surface area is 132 Å². The van der Waals surface area contributed by atoms with Crippen molar-refractivity contribution in [3.63, 3.8) is 0 Å². The predicted octanol–water partition coefficient (Wildman–Crippen LogP) is 1.46. The monoisotopic (exact) mass is 327 g/mol. The van der Waals surface area contributed by atoms with Crippen LogP contribution in [-0.4, -0.2) is 27.4 Å². The average Bonchev–Trinajstić information content (AvgIpc) is 3.19. The molecule has 0 aliphatic rings. The van der Waals surface area contributed by atoms with Gasteiger partial charge in [0.1, 0.15) is 5.65 Å². The molecule has 4 heterocycles. The van der Waals surface area contributed by atoms with E-state index in [0.717, 1.165) is 11.1 Å². The molecule has 0 aliphatic heterocycles. The first-order chi connectivity index (χ1) is 11.1. The summed E-state index contributed by atoms with van der Waals surface area (Å²) < 4.78 is 31.0. The van der Waals surface area contributed by atoms with E-state index in [-0.39, 0.29) is 11.6 Å². The van der Waals surface area contributed by atoms with E-state index in [2.05, 4.69) is 14.8 Å². The van der Waals surface area contributed by atoms with Crippen LogP contribution in [0.15, 0.2) is 66.2 Å². The third kappa shape index (κ3) is 2.37. The van der Waals surface area contributed by atoms with Crippen molar-refractivity contribution >= 4 is 21.2 Å². The van der Waals surface area contributed by atoms with E-state index < -0.39 is 10.0 Å². The van der Waals surface area contributed by atoms with Crippen LogP contribution < -0.4 is 4.72 Å². The van der Waals surface area contributed by atoms with E-state index in [0.29, 0.717) is 5.65 Å². The minimum Gasteiger partial charge on any atom is -0.289 e. The van der Waals surface area contributed by atoms with Gasteiger partial charge in [0.25, 0.3) is 10.0 Å². The molecule has 0 amide bonds. The maximum atomic E-state index is 12.6. The van der Waals surface area contributed by atoms with Gasteiger partial charge in [-0.2, -0.15) is 5.10 Å². The van der Waals surface area contributed by atoms with Gasteiger partial charge in [0.2, 0.25) is 0 Å². The Hall–Kier alpha value is -2.71. The number of rotatable bonds is 4. The molecule has 0 aromatic carbocycles. The number of sulfonamides is 1. The van der Waals surface area contributed by atoms with Crippen LogP contribution in [0.3, 0.4) is 0 Å². The van der Waals surface area contributed by atoms with Gasteiger partial charge in [0.15, 0.2) is 5.03 Å². The topological polar surface area (TPSA) is 80.8 Å². The molecule has 0 bridgehead atoms. The van der Waals surface area contributed by atoms with Crippen molar-refractivity contribution in [1.82, 2.24) is 23.7 Å². The van der Waals surface area contributed by atoms with Crippen LogP contribution in [0, 0.1) is 0 Å². The molecule has 0 saturated heterocycles. The predicted molar refractivity (Wildman–Crippen MR) is 84.4 cm³/mol. The van der Waals surface area contributed by atoms with Gasteiger partial charge in [-0.05, 0) is 29.8 Å². The molecule has 7 nitrogen and oxygen atoms in total. The molecule has 1 N–H and O–H groups in total. The van der Waals surface area contributed by atoms with Crippen LogP contribution >= 0.6 is 0 Å². The summed E-state index contributed by atoms with van der Waals surface area (Å²) in [6, 6.07) is 10.9. The van der Waals surface area contributed by atoms with Gasteiger partial charge in [-0.25, -0.2) is 22.6 Å².